The van der Waals surface area contributed by atoms with E-state index in [-0.39, 0.29) is 12.2 Å². The normalized spacial score (nSPS) is 29.0. The quantitative estimate of drug-likeness (QED) is 0.539. The van der Waals surface area contributed by atoms with E-state index in [2.05, 4.69) is 0 Å². The van der Waals surface area contributed by atoms with E-state index in [0.29, 0.717) is 5.57 Å². The maximum Gasteiger partial charge on any atom is 0.338 e. The third-order valence-electron chi connectivity index (χ3n) is 4.75. The molecular formula is C19H26O8. The summed E-state index contributed by atoms with van der Waals surface area (Å²) >= 11 is 0. The number of allylic oxidation sites excluding steroid dienone is 3. The van der Waals surface area contributed by atoms with Gasteiger partial charge in [0.05, 0.1) is 0 Å². The fourth-order valence-corrected chi connectivity index (χ4v) is 3.33. The second kappa shape index (κ2) is 7.46. The molecule has 4 atom stereocenters. The Kier molecular flexibility index (Phi) is 5.84. The van der Waals surface area contributed by atoms with Gasteiger partial charge in [-0.1, -0.05) is 25.5 Å². The van der Waals surface area contributed by atoms with Gasteiger partial charge in [-0.05, 0) is 37.3 Å². The second-order valence-electron chi connectivity index (χ2n) is 7.76. The molecule has 0 aromatic rings. The van der Waals surface area contributed by atoms with Crippen molar-refractivity contribution in [3.05, 3.63) is 34.3 Å². The Hall–Kier alpha value is -2.16. The van der Waals surface area contributed by atoms with Crippen LogP contribution in [0.4, 0.5) is 0 Å². The molecule has 27 heavy (non-hydrogen) atoms. The first kappa shape index (κ1) is 21.1. The number of ketones is 1. The molecule has 0 saturated carbocycles. The molecule has 1 heterocycles. The summed E-state index contributed by atoms with van der Waals surface area (Å²) in [5.74, 6) is -3.30. The maximum absolute atomic E-state index is 12.6. The number of carbonyl (C=O) groups is 2. The monoisotopic (exact) mass is 382 g/mol. The molecule has 0 fully saturated rings. The lowest BCUT2D eigenvalue weighted by Gasteiger charge is -2.36. The van der Waals surface area contributed by atoms with E-state index < -0.39 is 47.5 Å². The Labute approximate surface area is 157 Å². The fourth-order valence-electron chi connectivity index (χ4n) is 3.33. The number of hydrogen-bond donors (Lipinski definition) is 4. The highest BCUT2D eigenvalue weighted by Gasteiger charge is 2.45. The van der Waals surface area contributed by atoms with E-state index in [4.69, 9.17) is 9.47 Å². The summed E-state index contributed by atoms with van der Waals surface area (Å²) in [4.78, 5) is 24.9. The smallest absolute Gasteiger partial charge is 0.338 e. The summed E-state index contributed by atoms with van der Waals surface area (Å²) < 4.78 is 9.92. The van der Waals surface area contributed by atoms with Crippen LogP contribution in [-0.2, 0) is 19.1 Å². The number of rotatable bonds is 4. The van der Waals surface area contributed by atoms with E-state index in [1.165, 1.54) is 0 Å². The maximum atomic E-state index is 12.6. The zero-order chi connectivity index (χ0) is 20.7. The van der Waals surface area contributed by atoms with Crippen molar-refractivity contribution in [3.8, 4) is 0 Å². The molecule has 150 valence electrons. The Morgan fingerprint density at radius 3 is 2.37 bits per heavy atom. The van der Waals surface area contributed by atoms with E-state index in [0.717, 1.165) is 11.1 Å². The zero-order valence-electron chi connectivity index (χ0n) is 16.0. The summed E-state index contributed by atoms with van der Waals surface area (Å²) in [6.07, 6.45) is -4.46. The van der Waals surface area contributed by atoms with Crippen LogP contribution in [0.25, 0.3) is 0 Å². The highest BCUT2D eigenvalue weighted by molar-refractivity contribution is 6.01. The summed E-state index contributed by atoms with van der Waals surface area (Å²) in [5.41, 5.74) is 1.95. The number of ether oxygens (including phenoxy) is 2. The fraction of sp³-hybridized carbons (Fsp3) is 0.579. The molecule has 0 saturated heterocycles. The number of esters is 1. The summed E-state index contributed by atoms with van der Waals surface area (Å²) in [6.45, 7) is 9.37. The van der Waals surface area contributed by atoms with E-state index >= 15 is 0 Å². The molecule has 0 spiro atoms. The molecule has 0 amide bonds. The molecule has 0 bridgehead atoms. The average molecular weight is 382 g/mol. The van der Waals surface area contributed by atoms with Crippen molar-refractivity contribution in [1.29, 1.82) is 0 Å². The number of aliphatic hydroxyl groups is 4. The lowest BCUT2D eigenvalue weighted by atomic mass is 9.70. The molecule has 1 aliphatic heterocycles. The zero-order valence-corrected chi connectivity index (χ0v) is 16.0. The van der Waals surface area contributed by atoms with Crippen molar-refractivity contribution in [2.75, 3.05) is 0 Å². The predicted molar refractivity (Wildman–Crippen MR) is 94.6 cm³/mol. The van der Waals surface area contributed by atoms with Crippen molar-refractivity contribution >= 4 is 11.8 Å². The highest BCUT2D eigenvalue weighted by Crippen LogP contribution is 2.41. The Morgan fingerprint density at radius 1 is 1.30 bits per heavy atom. The Bertz CT molecular complexity index is 739. The predicted octanol–water partition coefficient (Wildman–Crippen LogP) is 1.59. The molecule has 2 unspecified atom stereocenters. The van der Waals surface area contributed by atoms with Gasteiger partial charge >= 0.3 is 5.97 Å². The second-order valence-corrected chi connectivity index (χ2v) is 7.76. The molecule has 0 aromatic carbocycles. The summed E-state index contributed by atoms with van der Waals surface area (Å²) in [7, 11) is 0. The molecule has 1 aliphatic carbocycles. The van der Waals surface area contributed by atoms with E-state index in [9.17, 15) is 30.0 Å². The van der Waals surface area contributed by atoms with Crippen LogP contribution >= 0.6 is 0 Å². The minimum Gasteiger partial charge on any atom is -0.506 e. The lowest BCUT2D eigenvalue weighted by molar-refractivity contribution is -0.178. The first-order valence-corrected chi connectivity index (χ1v) is 8.61. The summed E-state index contributed by atoms with van der Waals surface area (Å²) in [5, 5.41) is 38.4. The summed E-state index contributed by atoms with van der Waals surface area (Å²) in [6, 6.07) is 0. The molecule has 8 nitrogen and oxygen atoms in total. The molecule has 0 aromatic heterocycles. The first-order chi connectivity index (χ1) is 12.4. The van der Waals surface area contributed by atoms with E-state index in [1.54, 1.807) is 6.92 Å². The van der Waals surface area contributed by atoms with Crippen molar-refractivity contribution in [2.24, 2.45) is 5.41 Å². The molecule has 0 radical (unpaired) electrons. The van der Waals surface area contributed by atoms with Crippen LogP contribution in [0.1, 0.15) is 41.0 Å². The van der Waals surface area contributed by atoms with Gasteiger partial charge in [0, 0.05) is 6.42 Å². The van der Waals surface area contributed by atoms with Gasteiger partial charge < -0.3 is 29.9 Å². The van der Waals surface area contributed by atoms with Crippen LogP contribution in [0.3, 0.4) is 0 Å². The third kappa shape index (κ3) is 4.07. The molecule has 2 rings (SSSR count). The first-order valence-electron chi connectivity index (χ1n) is 8.61. The molecule has 2 aliphatic rings. The Balaban J connectivity index is 2.19. The van der Waals surface area contributed by atoms with Crippen LogP contribution in [-0.4, -0.2) is 56.8 Å². The lowest BCUT2D eigenvalue weighted by Crippen LogP contribution is -2.44. The minimum atomic E-state index is -2.01. The molecule has 8 heteroatoms. The van der Waals surface area contributed by atoms with Gasteiger partial charge in [0.15, 0.2) is 35.6 Å². The highest BCUT2D eigenvalue weighted by atomic mass is 16.6. The number of Topliss-reactive ketones (excluding diaryl/α,β-unsaturated/α-hetero) is 1. The number of carbonyl (C=O) groups excluding carboxylic acids is 2. The largest absolute Gasteiger partial charge is 0.506 e. The van der Waals surface area contributed by atoms with Crippen LogP contribution in [0.2, 0.25) is 0 Å². The third-order valence-corrected chi connectivity index (χ3v) is 4.75. The SMILES string of the molecule is CC(C)=CC1=C(C)C(=O)C(OC(=O)[C@H](O)[C@H]2OC(O)C(O)=C2O)CC1(C)C. The number of aliphatic hydroxyl groups excluding tert-OH is 4. The van der Waals surface area contributed by atoms with Crippen LogP contribution in [0.5, 0.6) is 0 Å². The van der Waals surface area contributed by atoms with Crippen molar-refractivity contribution < 1.29 is 39.5 Å². The van der Waals surface area contributed by atoms with Gasteiger partial charge in [-0.2, -0.15) is 0 Å². The minimum absolute atomic E-state index is 0.224. The van der Waals surface area contributed by atoms with Gasteiger partial charge in [-0.15, -0.1) is 0 Å². The van der Waals surface area contributed by atoms with Crippen molar-refractivity contribution in [1.82, 2.24) is 0 Å². The van der Waals surface area contributed by atoms with Gasteiger partial charge in [0.1, 0.15) is 0 Å². The van der Waals surface area contributed by atoms with Gasteiger partial charge in [0.2, 0.25) is 6.29 Å². The van der Waals surface area contributed by atoms with Crippen LogP contribution in [0, 0.1) is 5.41 Å². The van der Waals surface area contributed by atoms with Crippen LogP contribution < -0.4 is 0 Å². The van der Waals surface area contributed by atoms with Crippen molar-refractivity contribution in [2.45, 2.75) is 65.6 Å². The average Bonchev–Trinajstić information content (AvgIpc) is 2.82. The Morgan fingerprint density at radius 2 is 1.89 bits per heavy atom. The van der Waals surface area contributed by atoms with E-state index in [1.807, 2.05) is 33.8 Å². The number of hydrogen-bond acceptors (Lipinski definition) is 8. The van der Waals surface area contributed by atoms with Gasteiger partial charge in [-0.25, -0.2) is 4.79 Å². The molecule has 4 N–H and O–H groups in total. The van der Waals surface area contributed by atoms with Gasteiger partial charge in [-0.3, -0.25) is 4.79 Å². The van der Waals surface area contributed by atoms with Crippen LogP contribution in [0.15, 0.2) is 34.3 Å². The topological polar surface area (TPSA) is 134 Å². The van der Waals surface area contributed by atoms with Crippen molar-refractivity contribution in [3.63, 3.8) is 0 Å². The van der Waals surface area contributed by atoms with Gasteiger partial charge in [0.25, 0.3) is 0 Å². The molecular weight excluding hydrogens is 356 g/mol. The standard InChI is InChI=1S/C19H26O8/c1-8(2)6-10-9(3)12(20)11(7-19(10,4)5)26-18(25)15(23)16-13(21)14(22)17(24)27-16/h6,11,15-17,21-24H,7H2,1-5H3/t11?,15-,16+,17?/m1/s1.